The van der Waals surface area contributed by atoms with Gasteiger partial charge in [-0.05, 0) is 68.7 Å². The van der Waals surface area contributed by atoms with Crippen LogP contribution in [0.15, 0.2) is 53.4 Å². The molecule has 1 atom stereocenters. The van der Waals surface area contributed by atoms with Gasteiger partial charge in [-0.1, -0.05) is 23.7 Å². The molecule has 0 saturated carbocycles. The van der Waals surface area contributed by atoms with Crippen molar-refractivity contribution < 1.29 is 17.9 Å². The van der Waals surface area contributed by atoms with Crippen molar-refractivity contribution in [1.82, 2.24) is 9.62 Å². The summed E-state index contributed by atoms with van der Waals surface area (Å²) in [5, 5.41) is 3.68. The number of hydrogen-bond donors (Lipinski definition) is 1. The molecule has 0 spiro atoms. The van der Waals surface area contributed by atoms with Crippen molar-refractivity contribution >= 4 is 27.5 Å². The van der Waals surface area contributed by atoms with Gasteiger partial charge in [-0.3, -0.25) is 4.79 Å². The Hall–Kier alpha value is -2.09. The molecule has 30 heavy (non-hydrogen) atoms. The van der Waals surface area contributed by atoms with Crippen molar-refractivity contribution in [2.75, 3.05) is 19.7 Å². The fourth-order valence-electron chi connectivity index (χ4n) is 3.55. The van der Waals surface area contributed by atoms with Gasteiger partial charge in [0.15, 0.2) is 0 Å². The molecule has 162 valence electrons. The molecule has 0 bridgehead atoms. The number of ether oxygens (including phenoxy) is 1. The number of piperidine rings is 1. The van der Waals surface area contributed by atoms with E-state index in [4.69, 9.17) is 16.3 Å². The summed E-state index contributed by atoms with van der Waals surface area (Å²) in [7, 11) is -3.58. The average molecular weight is 451 g/mol. The smallest absolute Gasteiger partial charge is 0.243 e. The van der Waals surface area contributed by atoms with Gasteiger partial charge in [0.1, 0.15) is 5.75 Å². The highest BCUT2D eigenvalue weighted by atomic mass is 35.5. The average Bonchev–Trinajstić information content (AvgIpc) is 2.75. The second-order valence-corrected chi connectivity index (χ2v) is 9.74. The van der Waals surface area contributed by atoms with Crippen LogP contribution in [-0.4, -0.2) is 38.3 Å². The van der Waals surface area contributed by atoms with Crippen LogP contribution in [0.25, 0.3) is 0 Å². The van der Waals surface area contributed by atoms with Crippen molar-refractivity contribution in [2.24, 2.45) is 5.92 Å². The highest BCUT2D eigenvalue weighted by molar-refractivity contribution is 7.89. The van der Waals surface area contributed by atoms with Gasteiger partial charge in [0.25, 0.3) is 0 Å². The number of nitrogens with one attached hydrogen (secondary N) is 1. The third-order valence-electron chi connectivity index (χ3n) is 5.33. The van der Waals surface area contributed by atoms with E-state index in [1.165, 1.54) is 4.31 Å². The van der Waals surface area contributed by atoms with E-state index >= 15 is 0 Å². The summed E-state index contributed by atoms with van der Waals surface area (Å²) in [5.74, 6) is 0.392. The van der Waals surface area contributed by atoms with Crippen molar-refractivity contribution in [2.45, 2.75) is 37.6 Å². The maximum absolute atomic E-state index is 12.9. The molecule has 0 aromatic heterocycles. The van der Waals surface area contributed by atoms with Crippen LogP contribution in [-0.2, 0) is 14.8 Å². The molecule has 1 aliphatic heterocycles. The van der Waals surface area contributed by atoms with Gasteiger partial charge in [-0.15, -0.1) is 0 Å². The van der Waals surface area contributed by atoms with E-state index in [0.29, 0.717) is 43.3 Å². The molecule has 1 N–H and O–H groups in total. The Kier molecular flexibility index (Phi) is 7.39. The lowest BCUT2D eigenvalue weighted by atomic mass is 9.96. The summed E-state index contributed by atoms with van der Waals surface area (Å²) in [5.41, 5.74) is 0.975. The lowest BCUT2D eigenvalue weighted by molar-refractivity contribution is -0.126. The zero-order valence-electron chi connectivity index (χ0n) is 17.2. The SMILES string of the molecule is CCOc1ccc(S(=O)(=O)N2CCC(C(=O)NC(C)c3ccc(Cl)cc3)CC2)cc1. The van der Waals surface area contributed by atoms with E-state index in [1.54, 1.807) is 36.4 Å². The van der Waals surface area contributed by atoms with Gasteiger partial charge in [-0.25, -0.2) is 8.42 Å². The van der Waals surface area contributed by atoms with E-state index < -0.39 is 10.0 Å². The number of carbonyl (C=O) groups excluding carboxylic acids is 1. The summed E-state index contributed by atoms with van der Waals surface area (Å²) in [4.78, 5) is 12.9. The minimum absolute atomic E-state index is 0.0458. The highest BCUT2D eigenvalue weighted by Crippen LogP contribution is 2.26. The number of carbonyl (C=O) groups is 1. The van der Waals surface area contributed by atoms with Gasteiger partial charge in [0.2, 0.25) is 15.9 Å². The number of amides is 1. The van der Waals surface area contributed by atoms with Crippen LogP contribution in [0.5, 0.6) is 5.75 Å². The molecule has 2 aromatic carbocycles. The molecule has 1 saturated heterocycles. The van der Waals surface area contributed by atoms with Crippen molar-refractivity contribution in [3.63, 3.8) is 0 Å². The summed E-state index contributed by atoms with van der Waals surface area (Å²) in [6.07, 6.45) is 0.991. The first kappa shape index (κ1) is 22.6. The third kappa shape index (κ3) is 5.33. The van der Waals surface area contributed by atoms with Crippen LogP contribution >= 0.6 is 11.6 Å². The third-order valence-corrected chi connectivity index (χ3v) is 7.49. The molecule has 3 rings (SSSR count). The number of sulfonamides is 1. The van der Waals surface area contributed by atoms with Crippen LogP contribution in [0, 0.1) is 5.92 Å². The monoisotopic (exact) mass is 450 g/mol. The van der Waals surface area contributed by atoms with Crippen LogP contribution in [0.2, 0.25) is 5.02 Å². The first-order valence-corrected chi connectivity index (χ1v) is 11.9. The van der Waals surface area contributed by atoms with Gasteiger partial charge in [0.05, 0.1) is 17.5 Å². The van der Waals surface area contributed by atoms with Crippen LogP contribution in [0.1, 0.15) is 38.3 Å². The maximum atomic E-state index is 12.9. The van der Waals surface area contributed by atoms with Gasteiger partial charge >= 0.3 is 0 Å². The Morgan fingerprint density at radius 1 is 1.13 bits per heavy atom. The number of nitrogens with zero attached hydrogens (tertiary/aromatic N) is 1. The minimum Gasteiger partial charge on any atom is -0.494 e. The molecule has 1 fully saturated rings. The van der Waals surface area contributed by atoms with E-state index in [-0.39, 0.29) is 22.8 Å². The Morgan fingerprint density at radius 3 is 2.30 bits per heavy atom. The largest absolute Gasteiger partial charge is 0.494 e. The molecular formula is C22H27ClN2O4S. The fraction of sp³-hybridized carbons (Fsp3) is 0.409. The first-order chi connectivity index (χ1) is 14.3. The molecule has 6 nitrogen and oxygen atoms in total. The normalized spacial score (nSPS) is 16.8. The first-order valence-electron chi connectivity index (χ1n) is 10.1. The minimum atomic E-state index is -3.58. The van der Waals surface area contributed by atoms with E-state index in [0.717, 1.165) is 5.56 Å². The molecule has 1 heterocycles. The number of rotatable bonds is 7. The molecule has 2 aromatic rings. The predicted molar refractivity (Wildman–Crippen MR) is 117 cm³/mol. The summed E-state index contributed by atoms with van der Waals surface area (Å²) >= 11 is 5.91. The maximum Gasteiger partial charge on any atom is 0.243 e. The van der Waals surface area contributed by atoms with Crippen LogP contribution < -0.4 is 10.1 Å². The molecular weight excluding hydrogens is 424 g/mol. The Bertz CT molecular complexity index is 954. The van der Waals surface area contributed by atoms with Crippen LogP contribution in [0.3, 0.4) is 0 Å². The molecule has 1 amide bonds. The summed E-state index contributed by atoms with van der Waals surface area (Å²) in [6.45, 7) is 4.97. The quantitative estimate of drug-likeness (QED) is 0.691. The highest BCUT2D eigenvalue weighted by Gasteiger charge is 2.32. The molecule has 1 unspecified atom stereocenters. The van der Waals surface area contributed by atoms with E-state index in [9.17, 15) is 13.2 Å². The van der Waals surface area contributed by atoms with Crippen molar-refractivity contribution in [3.8, 4) is 5.75 Å². The standard InChI is InChI=1S/C22H27ClN2O4S/c1-3-29-20-8-10-21(11-9-20)30(27,28)25-14-12-18(13-15-25)22(26)24-16(2)17-4-6-19(23)7-5-17/h4-11,16,18H,3,12-15H2,1-2H3,(H,24,26). The Labute approximate surface area is 183 Å². The lowest BCUT2D eigenvalue weighted by Gasteiger charge is -2.31. The topological polar surface area (TPSA) is 75.7 Å². The number of halogens is 1. The van der Waals surface area contributed by atoms with Gasteiger partial charge in [0, 0.05) is 24.0 Å². The summed E-state index contributed by atoms with van der Waals surface area (Å²) in [6, 6.07) is 13.7. The van der Waals surface area contributed by atoms with Gasteiger partial charge < -0.3 is 10.1 Å². The van der Waals surface area contributed by atoms with E-state index in [1.807, 2.05) is 26.0 Å². The van der Waals surface area contributed by atoms with Crippen molar-refractivity contribution in [1.29, 1.82) is 0 Å². The lowest BCUT2D eigenvalue weighted by Crippen LogP contribution is -2.43. The second kappa shape index (κ2) is 9.81. The fourth-order valence-corrected chi connectivity index (χ4v) is 5.14. The second-order valence-electron chi connectivity index (χ2n) is 7.36. The van der Waals surface area contributed by atoms with Gasteiger partial charge in [-0.2, -0.15) is 4.31 Å². The molecule has 0 radical (unpaired) electrons. The predicted octanol–water partition coefficient (Wildman–Crippen LogP) is 4.02. The molecule has 0 aliphatic carbocycles. The van der Waals surface area contributed by atoms with E-state index in [2.05, 4.69) is 5.32 Å². The van der Waals surface area contributed by atoms with Crippen LogP contribution in [0.4, 0.5) is 0 Å². The number of hydrogen-bond acceptors (Lipinski definition) is 4. The van der Waals surface area contributed by atoms with Crippen molar-refractivity contribution in [3.05, 3.63) is 59.1 Å². The number of benzene rings is 2. The molecule has 8 heteroatoms. The summed E-state index contributed by atoms with van der Waals surface area (Å²) < 4.78 is 32.6. The molecule has 1 aliphatic rings. The Morgan fingerprint density at radius 2 is 1.73 bits per heavy atom. The Balaban J connectivity index is 1.56. The zero-order valence-corrected chi connectivity index (χ0v) is 18.7. The zero-order chi connectivity index (χ0) is 21.7.